The van der Waals surface area contributed by atoms with E-state index in [1.165, 1.54) is 17.0 Å². The molecule has 0 bridgehead atoms. The second kappa shape index (κ2) is 15.2. The molecule has 41 heavy (non-hydrogen) atoms. The maximum absolute atomic E-state index is 14.1. The maximum Gasteiger partial charge on any atom is 0.264 e. The largest absolute Gasteiger partial charge is 0.497 e. The lowest BCUT2D eigenvalue weighted by Gasteiger charge is -2.33. The summed E-state index contributed by atoms with van der Waals surface area (Å²) in [6.45, 7) is 6.05. The summed E-state index contributed by atoms with van der Waals surface area (Å²) in [5, 5.41) is 2.94. The van der Waals surface area contributed by atoms with E-state index in [4.69, 9.17) is 4.74 Å². The van der Waals surface area contributed by atoms with E-state index >= 15 is 0 Å². The van der Waals surface area contributed by atoms with Crippen LogP contribution in [0, 0.1) is 0 Å². The molecule has 3 aromatic carbocycles. The Bertz CT molecular complexity index is 1380. The molecular weight excluding hydrogens is 538 g/mol. The normalized spacial score (nSPS) is 11.9. The Morgan fingerprint density at radius 3 is 2.22 bits per heavy atom. The molecule has 2 amide bonds. The van der Waals surface area contributed by atoms with Crippen molar-refractivity contribution in [3.05, 3.63) is 90.0 Å². The van der Waals surface area contributed by atoms with Crippen LogP contribution in [0.15, 0.2) is 83.8 Å². The molecule has 1 N–H and O–H groups in total. The van der Waals surface area contributed by atoms with Crippen molar-refractivity contribution >= 4 is 27.5 Å². The van der Waals surface area contributed by atoms with Crippen molar-refractivity contribution in [1.29, 1.82) is 0 Å². The number of benzene rings is 3. The summed E-state index contributed by atoms with van der Waals surface area (Å²) in [4.78, 5) is 29.0. The molecule has 9 heteroatoms. The van der Waals surface area contributed by atoms with Gasteiger partial charge in [-0.2, -0.15) is 0 Å². The van der Waals surface area contributed by atoms with E-state index < -0.39 is 28.5 Å². The number of unbranched alkanes of at least 4 members (excludes halogenated alkanes) is 1. The number of carbonyl (C=O) groups is 2. The Kier molecular flexibility index (Phi) is 11.8. The van der Waals surface area contributed by atoms with Crippen LogP contribution in [0.1, 0.15) is 51.2 Å². The molecule has 1 unspecified atom stereocenters. The van der Waals surface area contributed by atoms with Gasteiger partial charge >= 0.3 is 0 Å². The van der Waals surface area contributed by atoms with Crippen LogP contribution in [-0.4, -0.2) is 51.4 Å². The summed E-state index contributed by atoms with van der Waals surface area (Å²) in [5.41, 5.74) is 2.19. The van der Waals surface area contributed by atoms with Gasteiger partial charge in [0.2, 0.25) is 11.8 Å². The Hall–Kier alpha value is -3.85. The van der Waals surface area contributed by atoms with Crippen molar-refractivity contribution in [3.63, 3.8) is 0 Å². The average Bonchev–Trinajstić information content (AvgIpc) is 3.00. The van der Waals surface area contributed by atoms with Crippen LogP contribution in [0.5, 0.6) is 5.75 Å². The molecule has 0 saturated carbocycles. The van der Waals surface area contributed by atoms with Crippen LogP contribution >= 0.6 is 0 Å². The first kappa shape index (κ1) is 31.7. The zero-order valence-corrected chi connectivity index (χ0v) is 25.2. The van der Waals surface area contributed by atoms with Crippen LogP contribution in [0.3, 0.4) is 0 Å². The third kappa shape index (κ3) is 8.33. The number of anilines is 1. The van der Waals surface area contributed by atoms with Gasteiger partial charge in [0.05, 0.1) is 17.7 Å². The quantitative estimate of drug-likeness (QED) is 0.251. The zero-order chi connectivity index (χ0) is 29.8. The standard InChI is InChI=1S/C32H41N3O5S/c1-5-8-21-33-32(37)30(7-3)34(23-26-13-12-14-28(22-26)40-4)31(36)24-35(27-19-17-25(6-2)18-20-27)41(38,39)29-15-10-9-11-16-29/h9-20,22,30H,5-8,21,23-24H2,1-4H3,(H,33,37). The van der Waals surface area contributed by atoms with Gasteiger partial charge in [-0.15, -0.1) is 0 Å². The molecule has 0 fully saturated rings. The average molecular weight is 580 g/mol. The second-order valence-corrected chi connectivity index (χ2v) is 11.6. The van der Waals surface area contributed by atoms with Crippen molar-refractivity contribution in [2.75, 3.05) is 24.5 Å². The smallest absolute Gasteiger partial charge is 0.264 e. The van der Waals surface area contributed by atoms with Crippen molar-refractivity contribution in [2.24, 2.45) is 0 Å². The number of hydrogen-bond donors (Lipinski definition) is 1. The minimum Gasteiger partial charge on any atom is -0.497 e. The molecule has 1 atom stereocenters. The van der Waals surface area contributed by atoms with E-state index in [0.717, 1.165) is 34.7 Å². The zero-order valence-electron chi connectivity index (χ0n) is 24.4. The first-order valence-electron chi connectivity index (χ1n) is 14.1. The Balaban J connectivity index is 2.03. The van der Waals surface area contributed by atoms with Gasteiger partial charge in [0.25, 0.3) is 10.0 Å². The molecule has 0 heterocycles. The highest BCUT2D eigenvalue weighted by Crippen LogP contribution is 2.26. The van der Waals surface area contributed by atoms with Gasteiger partial charge in [0.15, 0.2) is 0 Å². The molecule has 8 nitrogen and oxygen atoms in total. The molecule has 0 aliphatic rings. The number of methoxy groups -OCH3 is 1. The van der Waals surface area contributed by atoms with Crippen LogP contribution < -0.4 is 14.4 Å². The van der Waals surface area contributed by atoms with Crippen LogP contribution in [0.2, 0.25) is 0 Å². The minimum atomic E-state index is -4.09. The van der Waals surface area contributed by atoms with Crippen molar-refractivity contribution in [2.45, 2.75) is 63.9 Å². The minimum absolute atomic E-state index is 0.0797. The topological polar surface area (TPSA) is 96.0 Å². The number of ether oxygens (including phenoxy) is 1. The third-order valence-corrected chi connectivity index (χ3v) is 8.73. The summed E-state index contributed by atoms with van der Waals surface area (Å²) in [7, 11) is -2.53. The molecular formula is C32H41N3O5S. The molecule has 0 radical (unpaired) electrons. The molecule has 0 saturated heterocycles. The summed E-state index contributed by atoms with van der Waals surface area (Å²) in [5.74, 6) is -0.119. The fourth-order valence-electron chi connectivity index (χ4n) is 4.54. The van der Waals surface area contributed by atoms with E-state index in [1.54, 1.807) is 43.5 Å². The molecule has 3 aromatic rings. The van der Waals surface area contributed by atoms with Crippen LogP contribution in [0.25, 0.3) is 0 Å². The number of nitrogens with zero attached hydrogens (tertiary/aromatic N) is 2. The summed E-state index contributed by atoms with van der Waals surface area (Å²) >= 11 is 0. The van der Waals surface area contributed by atoms with Gasteiger partial charge in [0.1, 0.15) is 18.3 Å². The number of hydrogen-bond acceptors (Lipinski definition) is 5. The lowest BCUT2D eigenvalue weighted by molar-refractivity contribution is -0.140. The molecule has 0 aromatic heterocycles. The van der Waals surface area contributed by atoms with Gasteiger partial charge < -0.3 is 15.0 Å². The summed E-state index contributed by atoms with van der Waals surface area (Å²) in [6.07, 6.45) is 2.91. The van der Waals surface area contributed by atoms with E-state index in [1.807, 2.05) is 51.1 Å². The van der Waals surface area contributed by atoms with Gasteiger partial charge in [-0.05, 0) is 66.8 Å². The monoisotopic (exact) mass is 579 g/mol. The fraction of sp³-hybridized carbons (Fsp3) is 0.375. The van der Waals surface area contributed by atoms with Gasteiger partial charge in [-0.3, -0.25) is 13.9 Å². The molecule has 0 aliphatic carbocycles. The number of aryl methyl sites for hydroxylation is 1. The van der Waals surface area contributed by atoms with E-state index in [0.29, 0.717) is 24.4 Å². The van der Waals surface area contributed by atoms with Crippen molar-refractivity contribution in [3.8, 4) is 5.75 Å². The Morgan fingerprint density at radius 1 is 0.902 bits per heavy atom. The highest BCUT2D eigenvalue weighted by molar-refractivity contribution is 7.92. The van der Waals surface area contributed by atoms with E-state index in [-0.39, 0.29) is 17.3 Å². The van der Waals surface area contributed by atoms with Gasteiger partial charge in [-0.25, -0.2) is 8.42 Å². The number of rotatable bonds is 15. The Labute approximate surface area is 244 Å². The number of carbonyl (C=O) groups excluding carboxylic acids is 2. The highest BCUT2D eigenvalue weighted by Gasteiger charge is 2.33. The van der Waals surface area contributed by atoms with Crippen molar-refractivity contribution in [1.82, 2.24) is 10.2 Å². The first-order chi connectivity index (χ1) is 19.7. The van der Waals surface area contributed by atoms with E-state index in [2.05, 4.69) is 5.32 Å². The van der Waals surface area contributed by atoms with Gasteiger partial charge in [0, 0.05) is 13.1 Å². The highest BCUT2D eigenvalue weighted by atomic mass is 32.2. The van der Waals surface area contributed by atoms with Crippen LogP contribution in [0.4, 0.5) is 5.69 Å². The summed E-state index contributed by atoms with van der Waals surface area (Å²) < 4.78 is 34.3. The third-order valence-electron chi connectivity index (χ3n) is 6.95. The lowest BCUT2D eigenvalue weighted by atomic mass is 10.1. The fourth-order valence-corrected chi connectivity index (χ4v) is 5.97. The molecule has 220 valence electrons. The summed E-state index contributed by atoms with van der Waals surface area (Å²) in [6, 6.07) is 21.7. The second-order valence-electron chi connectivity index (χ2n) is 9.79. The molecule has 0 aliphatic heterocycles. The SMILES string of the molecule is CCCCNC(=O)C(CC)N(Cc1cccc(OC)c1)C(=O)CN(c1ccc(CC)cc1)S(=O)(=O)c1ccccc1. The van der Waals surface area contributed by atoms with Crippen molar-refractivity contribution < 1.29 is 22.7 Å². The molecule has 3 rings (SSSR count). The van der Waals surface area contributed by atoms with E-state index in [9.17, 15) is 18.0 Å². The number of sulfonamides is 1. The number of nitrogens with one attached hydrogen (secondary N) is 1. The number of amides is 2. The molecule has 0 spiro atoms. The first-order valence-corrected chi connectivity index (χ1v) is 15.6. The maximum atomic E-state index is 14.1. The van der Waals surface area contributed by atoms with Gasteiger partial charge in [-0.1, -0.05) is 69.7 Å². The predicted molar refractivity (Wildman–Crippen MR) is 162 cm³/mol. The van der Waals surface area contributed by atoms with Crippen LogP contribution in [-0.2, 0) is 32.6 Å². The lowest BCUT2D eigenvalue weighted by Crippen LogP contribution is -2.52. The Morgan fingerprint density at radius 2 is 1.61 bits per heavy atom. The predicted octanol–water partition coefficient (Wildman–Crippen LogP) is 5.18.